The maximum atomic E-state index is 5.61. The molecule has 0 amide bonds. The van der Waals surface area contributed by atoms with Crippen LogP contribution in [0.15, 0.2) is 0 Å². The van der Waals surface area contributed by atoms with Gasteiger partial charge in [-0.25, -0.2) is 0 Å². The second kappa shape index (κ2) is 21.7. The van der Waals surface area contributed by atoms with E-state index < -0.39 is 11.4 Å². The van der Waals surface area contributed by atoms with Crippen LogP contribution >= 0.6 is 11.4 Å². The van der Waals surface area contributed by atoms with Gasteiger partial charge in [0.25, 0.3) is 0 Å². The summed E-state index contributed by atoms with van der Waals surface area (Å²) in [6.07, 6.45) is 8.74. The second-order valence-electron chi connectivity index (χ2n) is 7.71. The molecule has 31 heavy (non-hydrogen) atoms. The van der Waals surface area contributed by atoms with E-state index in [4.69, 9.17) is 66.2 Å². The molecule has 0 aromatic rings. The third-order valence-corrected chi connectivity index (χ3v) is 8.55. The van der Waals surface area contributed by atoms with Crippen molar-refractivity contribution in [1.29, 1.82) is 0 Å². The van der Waals surface area contributed by atoms with Crippen molar-refractivity contribution in [1.82, 2.24) is 0 Å². The van der Waals surface area contributed by atoms with E-state index in [1.807, 2.05) is 27.7 Å². The Labute approximate surface area is 226 Å². The van der Waals surface area contributed by atoms with Gasteiger partial charge < -0.3 is 42.6 Å². The molecule has 0 aliphatic rings. The van der Waals surface area contributed by atoms with Gasteiger partial charge in [-0.1, -0.05) is 77.0 Å². The fraction of sp³-hybridized carbons (Fsp3) is 1.00. The molecule has 0 bridgehead atoms. The zero-order valence-electron chi connectivity index (χ0n) is 20.8. The Hall–Kier alpha value is 2.46. The fourth-order valence-electron chi connectivity index (χ4n) is 2.77. The molecule has 0 fully saturated rings. The second-order valence-corrected chi connectivity index (χ2v) is 17.5. The van der Waals surface area contributed by atoms with Crippen molar-refractivity contribution < 1.29 is 37.6 Å². The Bertz CT molecular complexity index is 438. The third-order valence-electron chi connectivity index (χ3n) is 4.02. The molecule has 4 nitrogen and oxygen atoms in total. The van der Waals surface area contributed by atoms with E-state index in [1.165, 1.54) is 0 Å². The molecule has 0 aliphatic carbocycles. The van der Waals surface area contributed by atoms with E-state index in [0.717, 1.165) is 51.4 Å². The molecule has 0 heterocycles. The largest absolute Gasteiger partial charge is 2.00 e. The molecule has 0 saturated carbocycles. The van der Waals surface area contributed by atoms with E-state index in [9.17, 15) is 0 Å². The van der Waals surface area contributed by atoms with Crippen LogP contribution in [0.25, 0.3) is 0 Å². The van der Waals surface area contributed by atoms with Gasteiger partial charge in [0.05, 0.1) is 35.8 Å². The van der Waals surface area contributed by atoms with Gasteiger partial charge in [0.15, 0.2) is 0 Å². The van der Waals surface area contributed by atoms with Crippen LogP contribution in [0.5, 0.6) is 0 Å². The van der Waals surface area contributed by atoms with Crippen molar-refractivity contribution in [2.75, 3.05) is 0 Å². The summed E-state index contributed by atoms with van der Waals surface area (Å²) in [7, 11) is 0. The smallest absolute Gasteiger partial charge is 0.691 e. The third kappa shape index (κ3) is 25.4. The van der Waals surface area contributed by atoms with Crippen molar-refractivity contribution in [3.63, 3.8) is 0 Å². The topological polar surface area (TPSA) is 36.9 Å². The van der Waals surface area contributed by atoms with Crippen LogP contribution in [0.4, 0.5) is 0 Å². The molecule has 0 spiro atoms. The Kier molecular flexibility index (Phi) is 26.6. The number of hydrogen-bond donors (Lipinski definition) is 0. The summed E-state index contributed by atoms with van der Waals surface area (Å²) >= 11 is 20.8. The van der Waals surface area contributed by atoms with Crippen LogP contribution in [0.1, 0.15) is 107 Å². The summed E-state index contributed by atoms with van der Waals surface area (Å²) in [6.45, 7) is 16.5. The molecular formula is C20H44O4P2S4Zn. The van der Waals surface area contributed by atoms with E-state index in [-0.39, 0.29) is 43.9 Å². The average Bonchev–Trinajstić information content (AvgIpc) is 2.53. The maximum Gasteiger partial charge on any atom is 2.00 e. The fourth-order valence-corrected chi connectivity index (χ4v) is 8.58. The average molecular weight is 604 g/mol. The van der Waals surface area contributed by atoms with Gasteiger partial charge in [-0.2, -0.15) is 0 Å². The first kappa shape index (κ1) is 38.0. The first-order valence-electron chi connectivity index (χ1n) is 11.2. The van der Waals surface area contributed by atoms with E-state index in [0.29, 0.717) is 0 Å². The normalized spacial score (nSPS) is 18.9. The van der Waals surface area contributed by atoms with Crippen LogP contribution in [0.2, 0.25) is 0 Å². The molecule has 0 rings (SSSR count). The summed E-state index contributed by atoms with van der Waals surface area (Å²) < 4.78 is 22.5. The van der Waals surface area contributed by atoms with E-state index >= 15 is 0 Å². The molecule has 4 atom stereocenters. The van der Waals surface area contributed by atoms with Gasteiger partial charge in [0.1, 0.15) is 0 Å². The maximum absolute atomic E-state index is 5.61. The molecule has 0 radical (unpaired) electrons. The molecular weight excluding hydrogens is 560 g/mol. The van der Waals surface area contributed by atoms with Crippen molar-refractivity contribution >= 4 is 59.5 Å². The number of rotatable bonds is 16. The molecule has 0 aromatic heterocycles. The Balaban J connectivity index is -0.000000490. The minimum atomic E-state index is -2.45. The van der Waals surface area contributed by atoms with Crippen LogP contribution in [-0.4, -0.2) is 24.4 Å². The summed E-state index contributed by atoms with van der Waals surface area (Å²) in [5, 5.41) is 0. The quantitative estimate of drug-likeness (QED) is 0.0990. The SMILES string of the molecule is CCCC(C)OP(=S)([S-])OC(C)CCC.CCCC(C)OP(=S)([S-])OC(C)CCC.[Zn+2]. The standard InChI is InChI=1S/2C10H23O2PS2.Zn/c2*1-5-7-9(3)11-13(14,15)12-10(4)8-6-2;/h2*9-10H,5-8H2,1-4H3,(H,14,15);/q;;+2/p-2. The van der Waals surface area contributed by atoms with Crippen LogP contribution < -0.4 is 0 Å². The first-order valence-corrected chi connectivity index (χ1v) is 18.5. The van der Waals surface area contributed by atoms with Crippen LogP contribution in [0, 0.1) is 0 Å². The minimum absolute atomic E-state index is 0. The predicted octanol–water partition coefficient (Wildman–Crippen LogP) is 8.33. The Morgan fingerprint density at radius 2 is 0.710 bits per heavy atom. The van der Waals surface area contributed by atoms with Gasteiger partial charge in [-0.15, -0.1) is 0 Å². The van der Waals surface area contributed by atoms with E-state index in [2.05, 4.69) is 27.7 Å². The summed E-state index contributed by atoms with van der Waals surface area (Å²) in [5.74, 6) is 0. The molecule has 0 aromatic carbocycles. The first-order chi connectivity index (χ1) is 13.8. The van der Waals surface area contributed by atoms with Gasteiger partial charge in [-0.3, -0.25) is 0 Å². The Morgan fingerprint density at radius 3 is 0.839 bits per heavy atom. The molecule has 0 saturated heterocycles. The van der Waals surface area contributed by atoms with E-state index in [1.54, 1.807) is 0 Å². The molecule has 11 heteroatoms. The minimum Gasteiger partial charge on any atom is -0.691 e. The van der Waals surface area contributed by atoms with Crippen molar-refractivity contribution in [2.24, 2.45) is 0 Å². The summed E-state index contributed by atoms with van der Waals surface area (Å²) in [6, 6.07) is 0. The van der Waals surface area contributed by atoms with Crippen molar-refractivity contribution in [3.8, 4) is 0 Å². The molecule has 4 unspecified atom stereocenters. The zero-order chi connectivity index (χ0) is 23.8. The molecule has 0 aliphatic heterocycles. The summed E-state index contributed by atoms with van der Waals surface area (Å²) in [4.78, 5) is 0. The van der Waals surface area contributed by atoms with Crippen molar-refractivity contribution in [3.05, 3.63) is 0 Å². The van der Waals surface area contributed by atoms with Crippen LogP contribution in [0.3, 0.4) is 0 Å². The van der Waals surface area contributed by atoms with Crippen molar-refractivity contribution in [2.45, 2.75) is 131 Å². The molecule has 184 valence electrons. The zero-order valence-corrected chi connectivity index (χ0v) is 28.9. The predicted molar refractivity (Wildman–Crippen MR) is 145 cm³/mol. The van der Waals surface area contributed by atoms with Gasteiger partial charge in [0, 0.05) is 0 Å². The van der Waals surface area contributed by atoms with Crippen LogP contribution in [-0.2, 0) is 85.7 Å². The molecule has 0 N–H and O–H groups in total. The number of hydrogen-bond acceptors (Lipinski definition) is 8. The van der Waals surface area contributed by atoms with Gasteiger partial charge >= 0.3 is 19.5 Å². The monoisotopic (exact) mass is 602 g/mol. The van der Waals surface area contributed by atoms with Gasteiger partial charge in [0.2, 0.25) is 0 Å². The summed E-state index contributed by atoms with van der Waals surface area (Å²) in [5.41, 5.74) is -4.90. The van der Waals surface area contributed by atoms with Gasteiger partial charge in [-0.05, 0) is 53.4 Å². The Morgan fingerprint density at radius 1 is 0.548 bits per heavy atom.